The molecule has 16 heteroatoms. The molecule has 0 amide bonds. The van der Waals surface area contributed by atoms with Crippen molar-refractivity contribution in [2.45, 2.75) is 64.4 Å². The second-order valence-electron chi connectivity index (χ2n) is 11.6. The summed E-state index contributed by atoms with van der Waals surface area (Å²) in [5.74, 6) is -1.63. The van der Waals surface area contributed by atoms with Gasteiger partial charge in [0.1, 0.15) is 5.75 Å². The van der Waals surface area contributed by atoms with Crippen molar-refractivity contribution >= 4 is 17.5 Å². The van der Waals surface area contributed by atoms with E-state index in [0.29, 0.717) is 56.6 Å². The van der Waals surface area contributed by atoms with Gasteiger partial charge in [0.05, 0.1) is 17.0 Å². The summed E-state index contributed by atoms with van der Waals surface area (Å²) in [5, 5.41) is 13.6. The first-order chi connectivity index (χ1) is 21.8. The molecule has 0 saturated heterocycles. The largest absolute Gasteiger partial charge is 0.573 e. The van der Waals surface area contributed by atoms with Gasteiger partial charge in [-0.3, -0.25) is 9.48 Å². The lowest BCUT2D eigenvalue weighted by atomic mass is 9.81. The number of carboxylic acid groups (broad SMARTS) is 1. The summed E-state index contributed by atoms with van der Waals surface area (Å²) in [6, 6.07) is 6.38. The minimum atomic E-state index is -5.08. The van der Waals surface area contributed by atoms with Gasteiger partial charge in [-0.1, -0.05) is 0 Å². The van der Waals surface area contributed by atoms with Gasteiger partial charge in [0, 0.05) is 51.2 Å². The van der Waals surface area contributed by atoms with Crippen molar-refractivity contribution < 1.29 is 54.2 Å². The van der Waals surface area contributed by atoms with Gasteiger partial charge >= 0.3 is 24.7 Å². The molecule has 0 aliphatic heterocycles. The first-order valence-electron chi connectivity index (χ1n) is 14.7. The number of halogens is 9. The Kier molecular flexibility index (Phi) is 10.6. The SMILES string of the molecule is CCN(CC1CCC(C(=O)O)CC1)c1ccc(OC(F)(F)F)cc1CN(Cc1cc(C(F)(F)F)cc(C(F)(F)F)c1)c1ccn(C)n1. The molecule has 1 N–H and O–H groups in total. The van der Waals surface area contributed by atoms with Crippen LogP contribution >= 0.6 is 0 Å². The van der Waals surface area contributed by atoms with Crippen LogP contribution in [0, 0.1) is 11.8 Å². The van der Waals surface area contributed by atoms with Gasteiger partial charge in [-0.2, -0.15) is 31.4 Å². The molecule has 7 nitrogen and oxygen atoms in total. The number of ether oxygens (including phenoxy) is 1. The number of alkyl halides is 9. The van der Waals surface area contributed by atoms with E-state index in [4.69, 9.17) is 0 Å². The lowest BCUT2D eigenvalue weighted by Crippen LogP contribution is -2.34. The second-order valence-corrected chi connectivity index (χ2v) is 11.6. The van der Waals surface area contributed by atoms with Gasteiger partial charge in [0.15, 0.2) is 5.82 Å². The number of hydrogen-bond acceptors (Lipinski definition) is 5. The highest BCUT2D eigenvalue weighted by atomic mass is 19.4. The number of carboxylic acids is 1. The molecule has 3 aromatic rings. The Morgan fingerprint density at radius 1 is 0.894 bits per heavy atom. The standard InChI is InChI=1S/C31H33F9N4O3/c1-3-43(16-19-4-6-21(7-5-19)28(45)46)26-9-8-25(47-31(38,39)40)14-22(26)18-44(27-10-11-42(2)41-27)17-20-12-23(29(32,33)34)15-24(13-20)30(35,36)37/h8-15,19,21H,3-7,16-18H2,1-2H3,(H,45,46). The highest BCUT2D eigenvalue weighted by Crippen LogP contribution is 2.38. The van der Waals surface area contributed by atoms with Crippen molar-refractivity contribution in [1.29, 1.82) is 0 Å². The van der Waals surface area contributed by atoms with Crippen LogP contribution in [-0.4, -0.2) is 40.3 Å². The summed E-state index contributed by atoms with van der Waals surface area (Å²) in [5.41, 5.74) is -2.62. The Morgan fingerprint density at radius 2 is 1.51 bits per heavy atom. The molecule has 0 radical (unpaired) electrons. The van der Waals surface area contributed by atoms with E-state index in [1.54, 1.807) is 7.05 Å². The van der Waals surface area contributed by atoms with E-state index in [2.05, 4.69) is 9.84 Å². The quantitative estimate of drug-likeness (QED) is 0.206. The Morgan fingerprint density at radius 3 is 2.00 bits per heavy atom. The maximum Gasteiger partial charge on any atom is 0.573 e. The first-order valence-corrected chi connectivity index (χ1v) is 14.7. The Hall–Kier alpha value is -4.11. The molecule has 0 unspecified atom stereocenters. The number of aromatic nitrogens is 2. The van der Waals surface area contributed by atoms with E-state index < -0.39 is 54.0 Å². The molecule has 1 aliphatic rings. The minimum absolute atomic E-state index is 0.0215. The molecule has 4 rings (SSSR count). The molecule has 1 aromatic heterocycles. The van der Waals surface area contributed by atoms with Crippen LogP contribution in [-0.2, 0) is 37.3 Å². The van der Waals surface area contributed by atoms with Gasteiger partial charge in [0.2, 0.25) is 0 Å². The topological polar surface area (TPSA) is 70.8 Å². The van der Waals surface area contributed by atoms with Crippen LogP contribution in [0.2, 0.25) is 0 Å². The van der Waals surface area contributed by atoms with E-state index in [-0.39, 0.29) is 35.5 Å². The van der Waals surface area contributed by atoms with Gasteiger partial charge in [-0.05, 0) is 86.1 Å². The van der Waals surface area contributed by atoms with Crippen LogP contribution in [0.15, 0.2) is 48.7 Å². The second kappa shape index (κ2) is 13.9. The van der Waals surface area contributed by atoms with Gasteiger partial charge < -0.3 is 19.6 Å². The van der Waals surface area contributed by atoms with Gasteiger partial charge in [0.25, 0.3) is 0 Å². The predicted molar refractivity (Wildman–Crippen MR) is 154 cm³/mol. The molecule has 1 saturated carbocycles. The number of rotatable bonds is 11. The van der Waals surface area contributed by atoms with Gasteiger partial charge in [-0.25, -0.2) is 0 Å². The fraction of sp³-hybridized carbons (Fsp3) is 0.484. The zero-order valence-electron chi connectivity index (χ0n) is 25.4. The number of anilines is 2. The predicted octanol–water partition coefficient (Wildman–Crippen LogP) is 8.28. The van der Waals surface area contributed by atoms with Crippen LogP contribution in [0.3, 0.4) is 0 Å². The zero-order valence-corrected chi connectivity index (χ0v) is 25.4. The number of hydrogen-bond donors (Lipinski definition) is 1. The maximum absolute atomic E-state index is 13.6. The van der Waals surface area contributed by atoms with Crippen LogP contribution in [0.5, 0.6) is 5.75 Å². The lowest BCUT2D eigenvalue weighted by Gasteiger charge is -2.34. The smallest absolute Gasteiger partial charge is 0.481 e. The maximum atomic E-state index is 13.6. The fourth-order valence-corrected chi connectivity index (χ4v) is 5.82. The van der Waals surface area contributed by atoms with Crippen molar-refractivity contribution in [2.24, 2.45) is 18.9 Å². The molecule has 2 aromatic carbocycles. The average molecular weight is 681 g/mol. The van der Waals surface area contributed by atoms with Crippen molar-refractivity contribution in [1.82, 2.24) is 9.78 Å². The molecule has 47 heavy (non-hydrogen) atoms. The number of aliphatic carboxylic acids is 1. The van der Waals surface area contributed by atoms with Crippen LogP contribution < -0.4 is 14.5 Å². The number of nitrogens with zero attached hydrogens (tertiary/aromatic N) is 4. The van der Waals surface area contributed by atoms with Crippen LogP contribution in [0.25, 0.3) is 0 Å². The normalized spacial score (nSPS) is 17.4. The Bertz CT molecular complexity index is 1500. The Labute approximate surface area is 264 Å². The van der Waals surface area contributed by atoms with E-state index in [9.17, 15) is 49.4 Å². The van der Waals surface area contributed by atoms with Crippen molar-refractivity contribution in [3.63, 3.8) is 0 Å². The van der Waals surface area contributed by atoms with Crippen molar-refractivity contribution in [3.8, 4) is 5.75 Å². The van der Waals surface area contributed by atoms with Crippen molar-refractivity contribution in [2.75, 3.05) is 22.9 Å². The summed E-state index contributed by atoms with van der Waals surface area (Å²) in [7, 11) is 1.55. The number of carbonyl (C=O) groups is 1. The highest BCUT2D eigenvalue weighted by molar-refractivity contribution is 5.70. The molecular weight excluding hydrogens is 647 g/mol. The molecule has 1 heterocycles. The third kappa shape index (κ3) is 9.70. The Balaban J connectivity index is 1.74. The molecule has 1 aliphatic carbocycles. The molecule has 0 bridgehead atoms. The monoisotopic (exact) mass is 680 g/mol. The fourth-order valence-electron chi connectivity index (χ4n) is 5.82. The molecule has 0 atom stereocenters. The van der Waals surface area contributed by atoms with E-state index in [1.807, 2.05) is 11.8 Å². The third-order valence-electron chi connectivity index (χ3n) is 8.09. The summed E-state index contributed by atoms with van der Waals surface area (Å²) in [6.45, 7) is 1.91. The van der Waals surface area contributed by atoms with Crippen LogP contribution in [0.1, 0.15) is 54.9 Å². The summed E-state index contributed by atoms with van der Waals surface area (Å²) < 4.78 is 127. The minimum Gasteiger partial charge on any atom is -0.481 e. The van der Waals surface area contributed by atoms with E-state index >= 15 is 0 Å². The third-order valence-corrected chi connectivity index (χ3v) is 8.09. The van der Waals surface area contributed by atoms with E-state index in [0.717, 1.165) is 12.1 Å². The molecule has 1 fully saturated rings. The van der Waals surface area contributed by atoms with Gasteiger partial charge in [-0.15, -0.1) is 13.2 Å². The summed E-state index contributed by atoms with van der Waals surface area (Å²) in [4.78, 5) is 14.7. The lowest BCUT2D eigenvalue weighted by molar-refractivity contribution is -0.274. The molecular formula is C31H33F9N4O3. The molecule has 258 valence electrons. The average Bonchev–Trinajstić information content (AvgIpc) is 3.40. The number of benzene rings is 2. The highest BCUT2D eigenvalue weighted by Gasteiger charge is 2.37. The van der Waals surface area contributed by atoms with E-state index in [1.165, 1.54) is 27.9 Å². The molecule has 0 spiro atoms. The zero-order chi connectivity index (χ0) is 34.7. The van der Waals surface area contributed by atoms with Crippen LogP contribution in [0.4, 0.5) is 51.0 Å². The number of aryl methyl sites for hydroxylation is 1. The summed E-state index contributed by atoms with van der Waals surface area (Å²) >= 11 is 0. The van der Waals surface area contributed by atoms with Crippen molar-refractivity contribution in [3.05, 3.63) is 70.9 Å². The first kappa shape index (κ1) is 35.7. The summed E-state index contributed by atoms with van der Waals surface area (Å²) in [6.07, 6.45) is -11.5.